The molecular weight excluding hydrogens is 138 g/mol. The standard InChI is InChI=1S/C9H19NO/c10-9(6-7-11)8-4-2-1-3-5-8/h8-9,11H,1-7,10H2. The van der Waals surface area contributed by atoms with Gasteiger partial charge in [-0.3, -0.25) is 0 Å². The lowest BCUT2D eigenvalue weighted by Crippen LogP contribution is -2.32. The van der Waals surface area contributed by atoms with E-state index in [4.69, 9.17) is 10.8 Å². The van der Waals surface area contributed by atoms with Gasteiger partial charge in [0.25, 0.3) is 0 Å². The van der Waals surface area contributed by atoms with Crippen LogP contribution in [0, 0.1) is 5.92 Å². The van der Waals surface area contributed by atoms with Crippen LogP contribution in [0.1, 0.15) is 38.5 Å². The molecule has 0 radical (unpaired) electrons. The van der Waals surface area contributed by atoms with E-state index < -0.39 is 0 Å². The SMILES string of the molecule is NC(CCO)C1CCCCC1. The maximum absolute atomic E-state index is 8.69. The minimum atomic E-state index is 0.248. The molecule has 3 N–H and O–H groups in total. The van der Waals surface area contributed by atoms with Gasteiger partial charge >= 0.3 is 0 Å². The summed E-state index contributed by atoms with van der Waals surface area (Å²) in [4.78, 5) is 0. The van der Waals surface area contributed by atoms with Crippen molar-refractivity contribution < 1.29 is 5.11 Å². The van der Waals surface area contributed by atoms with Crippen LogP contribution in [0.25, 0.3) is 0 Å². The van der Waals surface area contributed by atoms with Crippen molar-refractivity contribution in [3.8, 4) is 0 Å². The number of hydrogen-bond acceptors (Lipinski definition) is 2. The molecule has 2 nitrogen and oxygen atoms in total. The van der Waals surface area contributed by atoms with E-state index in [0.29, 0.717) is 5.92 Å². The Labute approximate surface area is 68.8 Å². The van der Waals surface area contributed by atoms with Gasteiger partial charge in [0.05, 0.1) is 0 Å². The van der Waals surface area contributed by atoms with Gasteiger partial charge in [-0.2, -0.15) is 0 Å². The summed E-state index contributed by atoms with van der Waals surface area (Å²) in [6, 6.07) is 0.250. The predicted molar refractivity (Wildman–Crippen MR) is 46.3 cm³/mol. The second-order valence-corrected chi connectivity index (χ2v) is 3.57. The van der Waals surface area contributed by atoms with Crippen molar-refractivity contribution in [2.75, 3.05) is 6.61 Å². The zero-order valence-electron chi connectivity index (χ0n) is 7.13. The van der Waals surface area contributed by atoms with E-state index >= 15 is 0 Å². The van der Waals surface area contributed by atoms with Gasteiger partial charge in [0.2, 0.25) is 0 Å². The molecule has 1 fully saturated rings. The van der Waals surface area contributed by atoms with E-state index in [2.05, 4.69) is 0 Å². The first-order valence-corrected chi connectivity index (χ1v) is 4.71. The fourth-order valence-corrected chi connectivity index (χ4v) is 1.95. The lowest BCUT2D eigenvalue weighted by molar-refractivity contribution is 0.230. The summed E-state index contributed by atoms with van der Waals surface area (Å²) >= 11 is 0. The van der Waals surface area contributed by atoms with Gasteiger partial charge in [0, 0.05) is 12.6 Å². The van der Waals surface area contributed by atoms with Crippen LogP contribution in [-0.4, -0.2) is 17.8 Å². The normalized spacial score (nSPS) is 23.5. The number of aliphatic hydroxyl groups is 1. The molecule has 1 rings (SSSR count). The zero-order valence-corrected chi connectivity index (χ0v) is 7.13. The van der Waals surface area contributed by atoms with E-state index in [-0.39, 0.29) is 12.6 Å². The van der Waals surface area contributed by atoms with Crippen molar-refractivity contribution in [1.82, 2.24) is 0 Å². The Morgan fingerprint density at radius 2 is 1.91 bits per heavy atom. The van der Waals surface area contributed by atoms with Crippen LogP contribution in [0.3, 0.4) is 0 Å². The number of hydrogen-bond donors (Lipinski definition) is 2. The highest BCUT2D eigenvalue weighted by Crippen LogP contribution is 2.26. The van der Waals surface area contributed by atoms with Crippen LogP contribution >= 0.6 is 0 Å². The number of nitrogens with two attached hydrogens (primary N) is 1. The topological polar surface area (TPSA) is 46.2 Å². The molecular formula is C9H19NO. The Morgan fingerprint density at radius 1 is 1.27 bits per heavy atom. The molecule has 0 saturated heterocycles. The summed E-state index contributed by atoms with van der Waals surface area (Å²) in [6.45, 7) is 0.248. The summed E-state index contributed by atoms with van der Waals surface area (Å²) in [5.41, 5.74) is 5.90. The van der Waals surface area contributed by atoms with Crippen LogP contribution in [0.5, 0.6) is 0 Å². The van der Waals surface area contributed by atoms with Crippen LogP contribution in [0.2, 0.25) is 0 Å². The molecule has 0 aromatic heterocycles. The summed E-state index contributed by atoms with van der Waals surface area (Å²) in [7, 11) is 0. The van der Waals surface area contributed by atoms with Gasteiger partial charge in [-0.25, -0.2) is 0 Å². The minimum absolute atomic E-state index is 0.248. The number of rotatable bonds is 3. The zero-order chi connectivity index (χ0) is 8.10. The number of aliphatic hydroxyl groups excluding tert-OH is 1. The van der Waals surface area contributed by atoms with Crippen molar-refractivity contribution >= 4 is 0 Å². The van der Waals surface area contributed by atoms with E-state index in [1.165, 1.54) is 32.1 Å². The molecule has 2 heteroatoms. The van der Waals surface area contributed by atoms with Crippen LogP contribution < -0.4 is 5.73 Å². The first kappa shape index (κ1) is 9.01. The van der Waals surface area contributed by atoms with E-state index in [0.717, 1.165) is 6.42 Å². The molecule has 1 unspecified atom stereocenters. The van der Waals surface area contributed by atoms with Crippen molar-refractivity contribution in [3.05, 3.63) is 0 Å². The molecule has 0 spiro atoms. The summed E-state index contributed by atoms with van der Waals surface area (Å²) in [5, 5.41) is 8.69. The van der Waals surface area contributed by atoms with Crippen molar-refractivity contribution in [2.24, 2.45) is 11.7 Å². The second-order valence-electron chi connectivity index (χ2n) is 3.57. The summed E-state index contributed by atoms with van der Waals surface area (Å²) in [6.07, 6.45) is 7.39. The molecule has 66 valence electrons. The predicted octanol–water partition coefficient (Wildman–Crippen LogP) is 1.28. The maximum atomic E-state index is 8.69. The Morgan fingerprint density at radius 3 is 2.45 bits per heavy atom. The average Bonchev–Trinajstić information content (AvgIpc) is 2.07. The quantitative estimate of drug-likeness (QED) is 0.648. The molecule has 0 aromatic carbocycles. The highest BCUT2D eigenvalue weighted by Gasteiger charge is 2.19. The fourth-order valence-electron chi connectivity index (χ4n) is 1.95. The molecule has 0 aliphatic heterocycles. The van der Waals surface area contributed by atoms with Gasteiger partial charge in [-0.1, -0.05) is 19.3 Å². The highest BCUT2D eigenvalue weighted by atomic mass is 16.3. The van der Waals surface area contributed by atoms with Crippen molar-refractivity contribution in [3.63, 3.8) is 0 Å². The molecule has 1 saturated carbocycles. The van der Waals surface area contributed by atoms with E-state index in [1.54, 1.807) is 0 Å². The average molecular weight is 157 g/mol. The molecule has 1 atom stereocenters. The van der Waals surface area contributed by atoms with Gasteiger partial charge in [-0.15, -0.1) is 0 Å². The van der Waals surface area contributed by atoms with E-state index in [9.17, 15) is 0 Å². The minimum Gasteiger partial charge on any atom is -0.396 e. The lowest BCUT2D eigenvalue weighted by Gasteiger charge is -2.26. The summed E-state index contributed by atoms with van der Waals surface area (Å²) in [5.74, 6) is 0.691. The first-order chi connectivity index (χ1) is 5.34. The molecule has 0 bridgehead atoms. The molecule has 0 heterocycles. The maximum Gasteiger partial charge on any atom is 0.0445 e. The Balaban J connectivity index is 2.21. The third-order valence-electron chi connectivity index (χ3n) is 2.72. The molecule has 1 aliphatic carbocycles. The largest absolute Gasteiger partial charge is 0.396 e. The van der Waals surface area contributed by atoms with Crippen molar-refractivity contribution in [1.29, 1.82) is 0 Å². The van der Waals surface area contributed by atoms with Gasteiger partial charge in [-0.05, 0) is 25.2 Å². The third-order valence-corrected chi connectivity index (χ3v) is 2.72. The highest BCUT2D eigenvalue weighted by molar-refractivity contribution is 4.75. The first-order valence-electron chi connectivity index (χ1n) is 4.71. The second kappa shape index (κ2) is 4.73. The molecule has 11 heavy (non-hydrogen) atoms. The van der Waals surface area contributed by atoms with Gasteiger partial charge in [0.1, 0.15) is 0 Å². The lowest BCUT2D eigenvalue weighted by atomic mass is 9.83. The van der Waals surface area contributed by atoms with E-state index in [1.807, 2.05) is 0 Å². The monoisotopic (exact) mass is 157 g/mol. The fraction of sp³-hybridized carbons (Fsp3) is 1.00. The molecule has 0 aromatic rings. The van der Waals surface area contributed by atoms with Gasteiger partial charge in [0.15, 0.2) is 0 Å². The van der Waals surface area contributed by atoms with Gasteiger partial charge < -0.3 is 10.8 Å². The van der Waals surface area contributed by atoms with Crippen LogP contribution in [0.15, 0.2) is 0 Å². The Kier molecular flexibility index (Phi) is 3.87. The Hall–Kier alpha value is -0.0800. The molecule has 1 aliphatic rings. The Bertz CT molecular complexity index is 99.7. The smallest absolute Gasteiger partial charge is 0.0445 e. The molecule has 0 amide bonds. The van der Waals surface area contributed by atoms with Crippen LogP contribution in [0.4, 0.5) is 0 Å². The summed E-state index contributed by atoms with van der Waals surface area (Å²) < 4.78 is 0. The van der Waals surface area contributed by atoms with Crippen LogP contribution in [-0.2, 0) is 0 Å². The van der Waals surface area contributed by atoms with Crippen molar-refractivity contribution in [2.45, 2.75) is 44.6 Å². The third kappa shape index (κ3) is 2.80.